The second-order valence-electron chi connectivity index (χ2n) is 3.82. The Bertz CT molecular complexity index is 488. The monoisotopic (exact) mass is 244 g/mol. The molecule has 0 spiro atoms. The number of nitrogens with zero attached hydrogens (tertiary/aromatic N) is 2. The first-order chi connectivity index (χ1) is 8.35. The van der Waals surface area contributed by atoms with Crippen LogP contribution in [0.4, 0.5) is 0 Å². The van der Waals surface area contributed by atoms with Crippen LogP contribution < -0.4 is 0 Å². The van der Waals surface area contributed by atoms with Gasteiger partial charge in [0.15, 0.2) is 0 Å². The molecule has 0 radical (unpaired) electrons. The fraction of sp³-hybridized carbons (Fsp3) is 0.214. The van der Waals surface area contributed by atoms with Gasteiger partial charge < -0.3 is 4.57 Å². The van der Waals surface area contributed by atoms with Crippen LogP contribution in [0.1, 0.15) is 5.82 Å². The van der Waals surface area contributed by atoms with Gasteiger partial charge in [-0.25, -0.2) is 4.98 Å². The van der Waals surface area contributed by atoms with Crippen molar-refractivity contribution in [2.45, 2.75) is 13.0 Å². The van der Waals surface area contributed by atoms with E-state index in [9.17, 15) is 0 Å². The van der Waals surface area contributed by atoms with E-state index in [-0.39, 0.29) is 0 Å². The van der Waals surface area contributed by atoms with Gasteiger partial charge in [0.05, 0.1) is 5.69 Å². The number of hydrogen-bond acceptors (Lipinski definition) is 2. The van der Waals surface area contributed by atoms with Crippen molar-refractivity contribution in [3.8, 4) is 11.3 Å². The van der Waals surface area contributed by atoms with Gasteiger partial charge in [0.2, 0.25) is 0 Å². The molecule has 3 heteroatoms. The number of aromatic nitrogens is 2. The minimum absolute atomic E-state index is 0.792. The predicted octanol–water partition coefficient (Wildman–Crippen LogP) is 3.21. The van der Waals surface area contributed by atoms with Crippen LogP contribution >= 0.6 is 12.6 Å². The molecule has 0 bridgehead atoms. The molecule has 2 rings (SSSR count). The van der Waals surface area contributed by atoms with E-state index in [1.165, 1.54) is 0 Å². The molecule has 17 heavy (non-hydrogen) atoms. The second-order valence-corrected chi connectivity index (χ2v) is 4.27. The molecule has 2 nitrogen and oxygen atoms in total. The largest absolute Gasteiger partial charge is 0.333 e. The Hall–Kier alpha value is -1.48. The molecule has 0 atom stereocenters. The predicted molar refractivity (Wildman–Crippen MR) is 75.4 cm³/mol. The molecule has 0 amide bonds. The van der Waals surface area contributed by atoms with E-state index in [0.29, 0.717) is 0 Å². The van der Waals surface area contributed by atoms with Crippen molar-refractivity contribution >= 4 is 12.6 Å². The summed E-state index contributed by atoms with van der Waals surface area (Å²) in [5, 5.41) is 0. The third-order valence-electron chi connectivity index (χ3n) is 2.60. The lowest BCUT2D eigenvalue weighted by atomic mass is 10.2. The molecular weight excluding hydrogens is 228 g/mol. The molecule has 88 valence electrons. The second kappa shape index (κ2) is 5.73. The van der Waals surface area contributed by atoms with E-state index in [0.717, 1.165) is 35.8 Å². The van der Waals surface area contributed by atoms with Crippen molar-refractivity contribution in [1.29, 1.82) is 0 Å². The number of benzene rings is 1. The quantitative estimate of drug-likeness (QED) is 0.631. The van der Waals surface area contributed by atoms with Crippen LogP contribution in [-0.2, 0) is 13.0 Å². The lowest BCUT2D eigenvalue weighted by molar-refractivity contribution is 0.724. The maximum absolute atomic E-state index is 4.65. The Balaban J connectivity index is 2.36. The van der Waals surface area contributed by atoms with E-state index in [2.05, 4.69) is 47.1 Å². The van der Waals surface area contributed by atoms with Crippen LogP contribution in [0.5, 0.6) is 0 Å². The summed E-state index contributed by atoms with van der Waals surface area (Å²) in [6.45, 7) is 4.65. The Morgan fingerprint density at radius 3 is 2.71 bits per heavy atom. The van der Waals surface area contributed by atoms with Crippen molar-refractivity contribution in [3.05, 3.63) is 55.0 Å². The van der Waals surface area contributed by atoms with Crippen molar-refractivity contribution < 1.29 is 0 Å². The molecule has 0 fully saturated rings. The zero-order valence-electron chi connectivity index (χ0n) is 9.71. The van der Waals surface area contributed by atoms with Gasteiger partial charge in [-0.15, -0.1) is 6.58 Å². The Morgan fingerprint density at radius 2 is 2.06 bits per heavy atom. The highest BCUT2D eigenvalue weighted by molar-refractivity contribution is 7.80. The highest BCUT2D eigenvalue weighted by Gasteiger charge is 2.07. The first-order valence-electron chi connectivity index (χ1n) is 5.68. The van der Waals surface area contributed by atoms with Crippen molar-refractivity contribution in [2.75, 3.05) is 5.75 Å². The van der Waals surface area contributed by atoms with Crippen LogP contribution in [0.2, 0.25) is 0 Å². The van der Waals surface area contributed by atoms with Crippen LogP contribution in [0, 0.1) is 0 Å². The topological polar surface area (TPSA) is 17.8 Å². The summed E-state index contributed by atoms with van der Waals surface area (Å²) in [5.41, 5.74) is 2.17. The normalized spacial score (nSPS) is 10.4. The summed E-state index contributed by atoms with van der Waals surface area (Å²) in [6, 6.07) is 10.2. The fourth-order valence-corrected chi connectivity index (χ4v) is 2.01. The minimum atomic E-state index is 0.792. The summed E-state index contributed by atoms with van der Waals surface area (Å²) < 4.78 is 2.15. The zero-order chi connectivity index (χ0) is 12.1. The third-order valence-corrected chi connectivity index (χ3v) is 2.80. The average molecular weight is 244 g/mol. The Kier molecular flexibility index (Phi) is 4.04. The molecule has 2 aromatic rings. The highest BCUT2D eigenvalue weighted by atomic mass is 32.1. The van der Waals surface area contributed by atoms with Gasteiger partial charge in [-0.1, -0.05) is 36.4 Å². The van der Waals surface area contributed by atoms with Crippen molar-refractivity contribution in [3.63, 3.8) is 0 Å². The van der Waals surface area contributed by atoms with Gasteiger partial charge in [-0.3, -0.25) is 0 Å². The zero-order valence-corrected chi connectivity index (χ0v) is 10.6. The van der Waals surface area contributed by atoms with E-state index in [4.69, 9.17) is 0 Å². The van der Waals surface area contributed by atoms with Crippen molar-refractivity contribution in [2.24, 2.45) is 0 Å². The first-order valence-corrected chi connectivity index (χ1v) is 6.31. The number of imidazole rings is 1. The molecule has 0 aliphatic carbocycles. The van der Waals surface area contributed by atoms with Crippen LogP contribution in [-0.4, -0.2) is 15.3 Å². The summed E-state index contributed by atoms with van der Waals surface area (Å²) in [5.74, 6) is 1.86. The third kappa shape index (κ3) is 2.80. The molecule has 1 aromatic carbocycles. The number of allylic oxidation sites excluding steroid dienone is 1. The molecule has 0 saturated carbocycles. The molecule has 0 saturated heterocycles. The van der Waals surface area contributed by atoms with E-state index in [1.807, 2.05) is 24.3 Å². The standard InChI is InChI=1S/C14H16N2S/c1-2-6-14-15-13(11-16(14)9-10-17)12-7-4-3-5-8-12/h2-5,7-8,11,17H,1,6,9-10H2. The average Bonchev–Trinajstić information content (AvgIpc) is 2.75. The summed E-state index contributed by atoms with van der Waals surface area (Å²) in [7, 11) is 0. The van der Waals surface area contributed by atoms with Crippen LogP contribution in [0.3, 0.4) is 0 Å². The Morgan fingerprint density at radius 1 is 1.29 bits per heavy atom. The van der Waals surface area contributed by atoms with Gasteiger partial charge >= 0.3 is 0 Å². The van der Waals surface area contributed by atoms with Gasteiger partial charge in [0, 0.05) is 30.5 Å². The van der Waals surface area contributed by atoms with Gasteiger partial charge in [0.1, 0.15) is 5.82 Å². The smallest absolute Gasteiger partial charge is 0.113 e. The summed E-state index contributed by atoms with van der Waals surface area (Å²) >= 11 is 4.27. The van der Waals surface area contributed by atoms with Crippen molar-refractivity contribution in [1.82, 2.24) is 9.55 Å². The summed E-state index contributed by atoms with van der Waals surface area (Å²) in [6.07, 6.45) is 4.76. The number of thiol groups is 1. The lowest BCUT2D eigenvalue weighted by Crippen LogP contribution is -2.02. The molecule has 0 unspecified atom stereocenters. The van der Waals surface area contributed by atoms with Crippen LogP contribution in [0.15, 0.2) is 49.2 Å². The summed E-state index contributed by atoms with van der Waals surface area (Å²) in [4.78, 5) is 4.65. The number of aryl methyl sites for hydroxylation is 1. The highest BCUT2D eigenvalue weighted by Crippen LogP contribution is 2.18. The molecule has 0 N–H and O–H groups in total. The molecule has 1 aromatic heterocycles. The number of rotatable bonds is 5. The number of hydrogen-bond donors (Lipinski definition) is 1. The molecular formula is C14H16N2S. The fourth-order valence-electron chi connectivity index (χ4n) is 1.80. The van der Waals surface area contributed by atoms with E-state index >= 15 is 0 Å². The first kappa shape index (κ1) is 12.0. The molecule has 1 heterocycles. The lowest BCUT2D eigenvalue weighted by Gasteiger charge is -2.02. The van der Waals surface area contributed by atoms with Gasteiger partial charge in [0.25, 0.3) is 0 Å². The van der Waals surface area contributed by atoms with Crippen LogP contribution in [0.25, 0.3) is 11.3 Å². The van der Waals surface area contributed by atoms with Gasteiger partial charge in [-0.2, -0.15) is 12.6 Å². The maximum atomic E-state index is 4.65. The molecule has 0 aliphatic heterocycles. The van der Waals surface area contributed by atoms with E-state index in [1.54, 1.807) is 0 Å². The Labute approximate surface area is 107 Å². The minimum Gasteiger partial charge on any atom is -0.333 e. The molecule has 0 aliphatic rings. The van der Waals surface area contributed by atoms with Gasteiger partial charge in [-0.05, 0) is 0 Å². The van der Waals surface area contributed by atoms with E-state index < -0.39 is 0 Å². The maximum Gasteiger partial charge on any atom is 0.113 e. The SMILES string of the molecule is C=CCc1nc(-c2ccccc2)cn1CCS.